The summed E-state index contributed by atoms with van der Waals surface area (Å²) in [5.74, 6) is 0.891. The minimum Gasteiger partial charge on any atom is -0.357 e. The molecule has 0 radical (unpaired) electrons. The van der Waals surface area contributed by atoms with E-state index in [1.54, 1.807) is 6.92 Å². The molecule has 0 aromatic rings. The van der Waals surface area contributed by atoms with Gasteiger partial charge in [0.2, 0.25) is 15.9 Å². The number of aliphatic imine (C=N–C) groups is 1. The maximum Gasteiger partial charge on any atom is 0.222 e. The number of hydrogen-bond donors (Lipinski definition) is 3. The van der Waals surface area contributed by atoms with Gasteiger partial charge >= 0.3 is 0 Å². The van der Waals surface area contributed by atoms with E-state index in [1.807, 2.05) is 18.7 Å². The lowest BCUT2D eigenvalue weighted by Gasteiger charge is -2.18. The lowest BCUT2D eigenvalue weighted by molar-refractivity contribution is -0.129. The minimum atomic E-state index is -3.18. The van der Waals surface area contributed by atoms with Gasteiger partial charge in [0.1, 0.15) is 0 Å². The van der Waals surface area contributed by atoms with Crippen molar-refractivity contribution in [1.82, 2.24) is 20.3 Å². The fraction of sp³-hybridized carbons (Fsp3) is 0.857. The average Bonchev–Trinajstić information content (AvgIpc) is 2.99. The second-order valence-corrected chi connectivity index (χ2v) is 7.48. The lowest BCUT2D eigenvalue weighted by atomic mass is 10.3. The van der Waals surface area contributed by atoms with Crippen LogP contribution in [0.15, 0.2) is 4.99 Å². The molecule has 1 rings (SSSR count). The predicted molar refractivity (Wildman–Crippen MR) is 91.9 cm³/mol. The van der Waals surface area contributed by atoms with Crippen LogP contribution in [0.1, 0.15) is 33.6 Å². The molecule has 0 spiro atoms. The molecule has 1 aliphatic rings. The van der Waals surface area contributed by atoms with Crippen molar-refractivity contribution in [2.45, 2.75) is 39.7 Å². The third kappa shape index (κ3) is 7.17. The van der Waals surface area contributed by atoms with Gasteiger partial charge in [-0.05, 0) is 20.3 Å². The SMILES string of the molecule is CCNC(=NCCNS(=O)(=O)CC)NC1CCN(C(=O)CC)C1. The van der Waals surface area contributed by atoms with Crippen molar-refractivity contribution in [2.24, 2.45) is 4.99 Å². The molecule has 0 aromatic heterocycles. The summed E-state index contributed by atoms with van der Waals surface area (Å²) in [5.41, 5.74) is 0. The molecule has 1 amide bonds. The van der Waals surface area contributed by atoms with Gasteiger partial charge in [0.05, 0.1) is 12.3 Å². The van der Waals surface area contributed by atoms with E-state index in [1.165, 1.54) is 0 Å². The standard InChI is InChI=1S/C14H29N5O3S/c1-4-13(20)19-10-7-12(11-19)18-14(15-5-2)16-8-9-17-23(21,22)6-3/h12,17H,4-11H2,1-3H3,(H2,15,16,18). The number of nitrogens with zero attached hydrogens (tertiary/aromatic N) is 2. The summed E-state index contributed by atoms with van der Waals surface area (Å²) in [6.07, 6.45) is 1.41. The average molecular weight is 347 g/mol. The number of carbonyl (C=O) groups is 1. The van der Waals surface area contributed by atoms with E-state index in [9.17, 15) is 13.2 Å². The maximum absolute atomic E-state index is 11.7. The number of sulfonamides is 1. The van der Waals surface area contributed by atoms with Crippen LogP contribution >= 0.6 is 0 Å². The third-order valence-corrected chi connectivity index (χ3v) is 5.02. The van der Waals surface area contributed by atoms with Crippen molar-refractivity contribution in [1.29, 1.82) is 0 Å². The third-order valence-electron chi connectivity index (χ3n) is 3.61. The second kappa shape index (κ2) is 9.71. The van der Waals surface area contributed by atoms with E-state index in [4.69, 9.17) is 0 Å². The number of guanidine groups is 1. The maximum atomic E-state index is 11.7. The van der Waals surface area contributed by atoms with Gasteiger partial charge in [-0.15, -0.1) is 0 Å². The molecule has 1 saturated heterocycles. The Bertz CT molecular complexity index is 507. The van der Waals surface area contributed by atoms with Crippen molar-refractivity contribution in [2.75, 3.05) is 38.5 Å². The van der Waals surface area contributed by atoms with Crippen LogP contribution in [0, 0.1) is 0 Å². The highest BCUT2D eigenvalue weighted by Gasteiger charge is 2.25. The summed E-state index contributed by atoms with van der Waals surface area (Å²) in [6, 6.07) is 0.177. The van der Waals surface area contributed by atoms with Gasteiger partial charge in [0.25, 0.3) is 0 Å². The topological polar surface area (TPSA) is 103 Å². The summed E-state index contributed by atoms with van der Waals surface area (Å²) < 4.78 is 25.2. The van der Waals surface area contributed by atoms with Crippen LogP contribution in [0.3, 0.4) is 0 Å². The first kappa shape index (κ1) is 19.7. The Morgan fingerprint density at radius 2 is 2.04 bits per heavy atom. The van der Waals surface area contributed by atoms with Gasteiger partial charge in [-0.2, -0.15) is 0 Å². The highest BCUT2D eigenvalue weighted by atomic mass is 32.2. The summed E-state index contributed by atoms with van der Waals surface area (Å²) in [6.45, 7) is 8.23. The van der Waals surface area contributed by atoms with E-state index >= 15 is 0 Å². The molecule has 23 heavy (non-hydrogen) atoms. The Morgan fingerprint density at radius 3 is 2.65 bits per heavy atom. The molecular formula is C14H29N5O3S. The van der Waals surface area contributed by atoms with E-state index < -0.39 is 10.0 Å². The van der Waals surface area contributed by atoms with Gasteiger partial charge in [-0.3, -0.25) is 9.79 Å². The van der Waals surface area contributed by atoms with Crippen LogP contribution in [0.25, 0.3) is 0 Å². The van der Waals surface area contributed by atoms with Crippen LogP contribution in [-0.4, -0.2) is 69.7 Å². The van der Waals surface area contributed by atoms with Crippen molar-refractivity contribution >= 4 is 21.9 Å². The zero-order chi connectivity index (χ0) is 17.3. The molecule has 0 aromatic carbocycles. The minimum absolute atomic E-state index is 0.0679. The highest BCUT2D eigenvalue weighted by molar-refractivity contribution is 7.89. The molecular weight excluding hydrogens is 318 g/mol. The molecule has 1 fully saturated rings. The van der Waals surface area contributed by atoms with Crippen LogP contribution < -0.4 is 15.4 Å². The summed E-state index contributed by atoms with van der Waals surface area (Å²) in [5, 5.41) is 6.44. The van der Waals surface area contributed by atoms with Gasteiger partial charge in [0.15, 0.2) is 5.96 Å². The second-order valence-electron chi connectivity index (χ2n) is 5.38. The number of nitrogens with one attached hydrogen (secondary N) is 3. The Morgan fingerprint density at radius 1 is 1.30 bits per heavy atom. The van der Waals surface area contributed by atoms with E-state index in [-0.39, 0.29) is 24.2 Å². The predicted octanol–water partition coefficient (Wildman–Crippen LogP) is -0.508. The first-order valence-corrected chi connectivity index (χ1v) is 9.87. The molecule has 0 bridgehead atoms. The number of hydrogen-bond acceptors (Lipinski definition) is 4. The highest BCUT2D eigenvalue weighted by Crippen LogP contribution is 2.10. The molecule has 3 N–H and O–H groups in total. The molecule has 1 unspecified atom stereocenters. The van der Waals surface area contributed by atoms with Crippen LogP contribution in [-0.2, 0) is 14.8 Å². The van der Waals surface area contributed by atoms with Gasteiger partial charge < -0.3 is 15.5 Å². The zero-order valence-corrected chi connectivity index (χ0v) is 15.1. The largest absolute Gasteiger partial charge is 0.357 e. The smallest absolute Gasteiger partial charge is 0.222 e. The van der Waals surface area contributed by atoms with E-state index in [2.05, 4.69) is 20.3 Å². The van der Waals surface area contributed by atoms with Crippen LogP contribution in [0.4, 0.5) is 0 Å². The Labute approximate surface area is 139 Å². The number of amides is 1. The normalized spacial score (nSPS) is 19.0. The number of likely N-dealkylation sites (tertiary alicyclic amines) is 1. The van der Waals surface area contributed by atoms with Gasteiger partial charge in [0, 0.05) is 38.6 Å². The molecule has 134 valence electrons. The molecule has 0 aliphatic carbocycles. The zero-order valence-electron chi connectivity index (χ0n) is 14.3. The lowest BCUT2D eigenvalue weighted by Crippen LogP contribution is -2.45. The summed E-state index contributed by atoms with van der Waals surface area (Å²) in [4.78, 5) is 17.9. The Balaban J connectivity index is 2.45. The van der Waals surface area contributed by atoms with E-state index in [0.29, 0.717) is 25.5 Å². The van der Waals surface area contributed by atoms with Gasteiger partial charge in [-0.25, -0.2) is 13.1 Å². The first-order valence-electron chi connectivity index (χ1n) is 8.21. The van der Waals surface area contributed by atoms with Crippen molar-refractivity contribution in [3.8, 4) is 0 Å². The summed E-state index contributed by atoms with van der Waals surface area (Å²) >= 11 is 0. The number of carbonyl (C=O) groups excluding carboxylic acids is 1. The fourth-order valence-electron chi connectivity index (χ4n) is 2.31. The quantitative estimate of drug-likeness (QED) is 0.312. The molecule has 1 heterocycles. The Hall–Kier alpha value is -1.35. The van der Waals surface area contributed by atoms with Crippen molar-refractivity contribution < 1.29 is 13.2 Å². The van der Waals surface area contributed by atoms with Crippen LogP contribution in [0.2, 0.25) is 0 Å². The first-order chi connectivity index (χ1) is 10.9. The van der Waals surface area contributed by atoms with Crippen molar-refractivity contribution in [3.63, 3.8) is 0 Å². The molecule has 1 atom stereocenters. The molecule has 9 heteroatoms. The number of rotatable bonds is 8. The summed E-state index contributed by atoms with van der Waals surface area (Å²) in [7, 11) is -3.18. The fourth-order valence-corrected chi connectivity index (χ4v) is 2.92. The monoisotopic (exact) mass is 347 g/mol. The molecule has 8 nitrogen and oxygen atoms in total. The molecule has 0 saturated carbocycles. The van der Waals surface area contributed by atoms with Crippen molar-refractivity contribution in [3.05, 3.63) is 0 Å². The van der Waals surface area contributed by atoms with Gasteiger partial charge in [-0.1, -0.05) is 6.92 Å². The Kier molecular flexibility index (Phi) is 8.32. The molecule has 1 aliphatic heterocycles. The van der Waals surface area contributed by atoms with Crippen LogP contribution in [0.5, 0.6) is 0 Å². The van der Waals surface area contributed by atoms with E-state index in [0.717, 1.165) is 19.5 Å².